The number of amides is 3. The number of rotatable bonds is 7. The van der Waals surface area contributed by atoms with Crippen LogP contribution in [0.2, 0.25) is 5.02 Å². The molecule has 3 heterocycles. The van der Waals surface area contributed by atoms with E-state index in [4.69, 9.17) is 11.6 Å². The van der Waals surface area contributed by atoms with Crippen molar-refractivity contribution < 1.29 is 9.59 Å². The molecule has 160 valence electrons. The van der Waals surface area contributed by atoms with Crippen molar-refractivity contribution in [3.8, 4) is 10.7 Å². The van der Waals surface area contributed by atoms with E-state index < -0.39 is 6.03 Å². The topological polar surface area (TPSA) is 113 Å². The molecule has 0 saturated carbocycles. The average molecular weight is 458 g/mol. The normalized spacial score (nSPS) is 15.6. The van der Waals surface area contributed by atoms with Gasteiger partial charge < -0.3 is 10.2 Å². The Kier molecular flexibility index (Phi) is 6.10. The van der Waals surface area contributed by atoms with Crippen molar-refractivity contribution in [3.05, 3.63) is 52.1 Å². The number of halogens is 1. The van der Waals surface area contributed by atoms with E-state index in [2.05, 4.69) is 30.8 Å². The van der Waals surface area contributed by atoms with Crippen molar-refractivity contribution in [3.63, 3.8) is 0 Å². The maximum absolute atomic E-state index is 11.9. The van der Waals surface area contributed by atoms with Gasteiger partial charge in [0.05, 0.1) is 17.3 Å². The van der Waals surface area contributed by atoms with Crippen LogP contribution in [0.5, 0.6) is 0 Å². The number of benzene rings is 1. The van der Waals surface area contributed by atoms with E-state index >= 15 is 0 Å². The van der Waals surface area contributed by atoms with Crippen molar-refractivity contribution >= 4 is 40.8 Å². The summed E-state index contributed by atoms with van der Waals surface area (Å²) in [6.45, 7) is 3.78. The van der Waals surface area contributed by atoms with E-state index in [0.29, 0.717) is 28.1 Å². The molecule has 1 aromatic carbocycles. The first kappa shape index (κ1) is 21.1. The van der Waals surface area contributed by atoms with Gasteiger partial charge in [-0.1, -0.05) is 53.3 Å². The monoisotopic (exact) mass is 457 g/mol. The molecule has 1 aliphatic heterocycles. The van der Waals surface area contributed by atoms with Gasteiger partial charge in [0.1, 0.15) is 17.2 Å². The van der Waals surface area contributed by atoms with Crippen molar-refractivity contribution in [2.24, 2.45) is 0 Å². The maximum Gasteiger partial charge on any atom is 0.324 e. The summed E-state index contributed by atoms with van der Waals surface area (Å²) in [5.74, 6) is 0.0427. The quantitative estimate of drug-likeness (QED) is 0.524. The van der Waals surface area contributed by atoms with E-state index in [1.807, 2.05) is 44.2 Å². The van der Waals surface area contributed by atoms with Gasteiger partial charge in [-0.2, -0.15) is 0 Å². The lowest BCUT2D eigenvalue weighted by molar-refractivity contribution is -0.118. The van der Waals surface area contributed by atoms with Crippen LogP contribution in [0, 0.1) is 0 Å². The molecule has 2 unspecified atom stereocenters. The molecule has 1 fully saturated rings. The fourth-order valence-corrected chi connectivity index (χ4v) is 4.27. The zero-order chi connectivity index (χ0) is 22.0. The Bertz CT molecular complexity index is 1110. The fourth-order valence-electron chi connectivity index (χ4n) is 3.16. The third-order valence-electron chi connectivity index (χ3n) is 5.00. The van der Waals surface area contributed by atoms with E-state index in [0.717, 1.165) is 10.6 Å². The van der Waals surface area contributed by atoms with E-state index in [-0.39, 0.29) is 24.5 Å². The van der Waals surface area contributed by atoms with Crippen LogP contribution in [-0.2, 0) is 11.2 Å². The molecule has 0 radical (unpaired) electrons. The van der Waals surface area contributed by atoms with Gasteiger partial charge in [-0.15, -0.1) is 10.2 Å². The van der Waals surface area contributed by atoms with Gasteiger partial charge in [0.25, 0.3) is 0 Å². The molecule has 3 aromatic rings. The van der Waals surface area contributed by atoms with E-state index in [1.165, 1.54) is 22.4 Å². The standard InChI is InChI=1S/C20H20ClN7O2S/c1-11(12(2)28-10-15(29)24-20(28)30)23-19-22-9-14(21)17(25-19)18-27-26-16(31-18)8-13-6-4-3-5-7-13/h3-7,9,11-12H,8,10H2,1-2H3,(H,22,23,25)(H,24,29,30). The number of aromatic nitrogens is 4. The molecular weight excluding hydrogens is 438 g/mol. The predicted octanol–water partition coefficient (Wildman–Crippen LogP) is 2.98. The number of hydrogen-bond acceptors (Lipinski definition) is 8. The van der Waals surface area contributed by atoms with Crippen molar-refractivity contribution in [2.75, 3.05) is 11.9 Å². The van der Waals surface area contributed by atoms with Gasteiger partial charge in [-0.25, -0.2) is 14.8 Å². The highest BCUT2D eigenvalue weighted by atomic mass is 35.5. The predicted molar refractivity (Wildman–Crippen MR) is 118 cm³/mol. The van der Waals surface area contributed by atoms with Crippen LogP contribution in [-0.4, -0.2) is 55.6 Å². The number of urea groups is 1. The maximum atomic E-state index is 11.9. The van der Waals surface area contributed by atoms with E-state index in [1.54, 1.807) is 0 Å². The molecule has 0 bridgehead atoms. The molecule has 31 heavy (non-hydrogen) atoms. The third-order valence-corrected chi connectivity index (χ3v) is 6.21. The molecule has 0 spiro atoms. The molecule has 2 atom stereocenters. The summed E-state index contributed by atoms with van der Waals surface area (Å²) in [5.41, 5.74) is 1.64. The van der Waals surface area contributed by atoms with Gasteiger partial charge in [-0.05, 0) is 19.4 Å². The van der Waals surface area contributed by atoms with Crippen molar-refractivity contribution in [1.82, 2.24) is 30.4 Å². The number of anilines is 1. The van der Waals surface area contributed by atoms with Crippen LogP contribution in [0.1, 0.15) is 24.4 Å². The number of imide groups is 1. The molecular formula is C20H20ClN7O2S. The second-order valence-electron chi connectivity index (χ2n) is 7.21. The highest BCUT2D eigenvalue weighted by molar-refractivity contribution is 7.14. The molecule has 1 saturated heterocycles. The first-order valence-electron chi connectivity index (χ1n) is 9.67. The fraction of sp³-hybridized carbons (Fsp3) is 0.300. The lowest BCUT2D eigenvalue weighted by Gasteiger charge is -2.28. The summed E-state index contributed by atoms with van der Waals surface area (Å²) in [6, 6.07) is 9.15. The number of nitrogens with zero attached hydrogens (tertiary/aromatic N) is 5. The number of carbonyl (C=O) groups is 2. The zero-order valence-corrected chi connectivity index (χ0v) is 18.4. The molecule has 4 rings (SSSR count). The molecule has 3 amide bonds. The van der Waals surface area contributed by atoms with Gasteiger partial charge in [0.15, 0.2) is 5.01 Å². The largest absolute Gasteiger partial charge is 0.350 e. The summed E-state index contributed by atoms with van der Waals surface area (Å²) in [6.07, 6.45) is 2.19. The Labute approximate surface area is 187 Å². The smallest absolute Gasteiger partial charge is 0.324 e. The number of hydrogen-bond donors (Lipinski definition) is 2. The molecule has 9 nitrogen and oxygen atoms in total. The summed E-state index contributed by atoms with van der Waals surface area (Å²) >= 11 is 7.75. The van der Waals surface area contributed by atoms with Gasteiger partial charge in [-0.3, -0.25) is 10.1 Å². The third kappa shape index (κ3) is 4.80. The number of carbonyl (C=O) groups excluding carboxylic acids is 2. The molecule has 2 N–H and O–H groups in total. The minimum Gasteiger partial charge on any atom is -0.350 e. The summed E-state index contributed by atoms with van der Waals surface area (Å²) in [5, 5.41) is 15.8. The van der Waals surface area contributed by atoms with Crippen molar-refractivity contribution in [1.29, 1.82) is 0 Å². The number of nitrogens with one attached hydrogen (secondary N) is 2. The molecule has 11 heteroatoms. The SMILES string of the molecule is CC(Nc1ncc(Cl)c(-c2nnc(Cc3ccccc3)s2)n1)C(C)N1CC(=O)NC1=O. The molecule has 1 aliphatic rings. The lowest BCUT2D eigenvalue weighted by Crippen LogP contribution is -2.45. The first-order valence-corrected chi connectivity index (χ1v) is 10.9. The Hall–Kier alpha value is -3.11. The minimum atomic E-state index is -0.399. The van der Waals surface area contributed by atoms with Crippen LogP contribution >= 0.6 is 22.9 Å². The molecule has 0 aliphatic carbocycles. The van der Waals surface area contributed by atoms with Gasteiger partial charge in [0, 0.05) is 12.5 Å². The van der Waals surface area contributed by atoms with Gasteiger partial charge >= 0.3 is 6.03 Å². The van der Waals surface area contributed by atoms with Crippen LogP contribution in [0.15, 0.2) is 36.5 Å². The van der Waals surface area contributed by atoms with Crippen LogP contribution in [0.25, 0.3) is 10.7 Å². The summed E-state index contributed by atoms with van der Waals surface area (Å²) in [4.78, 5) is 33.6. The highest BCUT2D eigenvalue weighted by Gasteiger charge is 2.33. The first-order chi connectivity index (χ1) is 14.9. The Morgan fingerprint density at radius 1 is 1.23 bits per heavy atom. The minimum absolute atomic E-state index is 0.0354. The summed E-state index contributed by atoms with van der Waals surface area (Å²) in [7, 11) is 0. The second kappa shape index (κ2) is 8.94. The Balaban J connectivity index is 1.48. The van der Waals surface area contributed by atoms with Crippen LogP contribution in [0.4, 0.5) is 10.7 Å². The average Bonchev–Trinajstić information content (AvgIpc) is 3.35. The Morgan fingerprint density at radius 3 is 2.71 bits per heavy atom. The lowest BCUT2D eigenvalue weighted by atomic mass is 10.1. The van der Waals surface area contributed by atoms with Crippen LogP contribution in [0.3, 0.4) is 0 Å². The van der Waals surface area contributed by atoms with E-state index in [9.17, 15) is 9.59 Å². The zero-order valence-electron chi connectivity index (χ0n) is 16.9. The highest BCUT2D eigenvalue weighted by Crippen LogP contribution is 2.29. The van der Waals surface area contributed by atoms with Crippen LogP contribution < -0.4 is 10.6 Å². The van der Waals surface area contributed by atoms with Gasteiger partial charge in [0.2, 0.25) is 11.9 Å². The van der Waals surface area contributed by atoms with Crippen molar-refractivity contribution in [2.45, 2.75) is 32.4 Å². The molecule has 2 aromatic heterocycles. The second-order valence-corrected chi connectivity index (χ2v) is 8.68. The Morgan fingerprint density at radius 2 is 2.00 bits per heavy atom. The summed E-state index contributed by atoms with van der Waals surface area (Å²) < 4.78 is 0.